The van der Waals surface area contributed by atoms with E-state index in [-0.39, 0.29) is 31.3 Å². The van der Waals surface area contributed by atoms with E-state index in [1.165, 1.54) is 12.1 Å². The lowest BCUT2D eigenvalue weighted by molar-refractivity contribution is -0.163. The molecule has 0 radical (unpaired) electrons. The van der Waals surface area contributed by atoms with E-state index in [4.69, 9.17) is 19.9 Å². The average molecular weight is 639 g/mol. The second-order valence-corrected chi connectivity index (χ2v) is 12.5. The first-order chi connectivity index (χ1) is 21.9. The van der Waals surface area contributed by atoms with Gasteiger partial charge in [-0.2, -0.15) is 13.2 Å². The Morgan fingerprint density at radius 3 is 2.39 bits per heavy atom. The first-order valence-corrected chi connectivity index (χ1v) is 15.8. The molecule has 0 bridgehead atoms. The summed E-state index contributed by atoms with van der Waals surface area (Å²) in [4.78, 5) is 15.0. The van der Waals surface area contributed by atoms with E-state index in [9.17, 15) is 18.0 Å². The number of carbonyl (C=O) groups excluding carboxylic acids is 1. The Hall–Kier alpha value is -3.66. The van der Waals surface area contributed by atoms with Crippen LogP contribution in [0.3, 0.4) is 0 Å². The molecule has 1 aliphatic heterocycles. The summed E-state index contributed by atoms with van der Waals surface area (Å²) in [7, 11) is 0. The topological polar surface area (TPSA) is 74.0 Å². The number of nitrogens with zero attached hydrogens (tertiary/aromatic N) is 1. The molecule has 4 rings (SSSR count). The summed E-state index contributed by atoms with van der Waals surface area (Å²) in [5, 5.41) is 0. The normalized spacial score (nSPS) is 16.1. The summed E-state index contributed by atoms with van der Waals surface area (Å²) in [6.07, 6.45) is 0.827. The van der Waals surface area contributed by atoms with Gasteiger partial charge >= 0.3 is 12.1 Å². The average Bonchev–Trinajstić information content (AvgIpc) is 3.00. The lowest BCUT2D eigenvalue weighted by atomic mass is 9.95. The number of likely N-dealkylation sites (tertiary alicyclic amines) is 1. The van der Waals surface area contributed by atoms with Gasteiger partial charge in [0.2, 0.25) is 0 Å². The second-order valence-electron chi connectivity index (χ2n) is 12.5. The van der Waals surface area contributed by atoms with Gasteiger partial charge in [0, 0.05) is 18.7 Å². The summed E-state index contributed by atoms with van der Waals surface area (Å²) in [6.45, 7) is 9.11. The summed E-state index contributed by atoms with van der Waals surface area (Å²) in [6, 6.07) is 17.7. The molecule has 0 saturated carbocycles. The Morgan fingerprint density at radius 2 is 1.70 bits per heavy atom. The molecule has 1 aliphatic rings. The third-order valence-corrected chi connectivity index (χ3v) is 7.85. The molecule has 0 aliphatic carbocycles. The zero-order valence-corrected chi connectivity index (χ0v) is 27.2. The SMILES string of the molecule is Cc1c(/C=C/c2cc(OCCOCCN)c(CN3CCCC[C@H]3C(=O)OC(C)(C)C)cc2C(F)(F)F)cccc1-c1ccccc1. The summed E-state index contributed by atoms with van der Waals surface area (Å²) < 4.78 is 61.0. The number of nitrogens with two attached hydrogens (primary N) is 1. The molecule has 1 saturated heterocycles. The van der Waals surface area contributed by atoms with Gasteiger partial charge in [0.15, 0.2) is 0 Å². The lowest BCUT2D eigenvalue weighted by Gasteiger charge is -2.36. The van der Waals surface area contributed by atoms with Crippen molar-refractivity contribution in [3.05, 3.63) is 88.5 Å². The van der Waals surface area contributed by atoms with Gasteiger partial charge in [-0.1, -0.05) is 67.1 Å². The number of halogens is 3. The Labute approximate surface area is 270 Å². The predicted octanol–water partition coefficient (Wildman–Crippen LogP) is 7.90. The van der Waals surface area contributed by atoms with E-state index < -0.39 is 23.4 Å². The van der Waals surface area contributed by atoms with Crippen LogP contribution in [0.4, 0.5) is 13.2 Å². The van der Waals surface area contributed by atoms with E-state index in [2.05, 4.69) is 0 Å². The van der Waals surface area contributed by atoms with Crippen molar-refractivity contribution < 1.29 is 32.2 Å². The van der Waals surface area contributed by atoms with Gasteiger partial charge in [0.1, 0.15) is 24.0 Å². The van der Waals surface area contributed by atoms with Crippen molar-refractivity contribution in [2.24, 2.45) is 5.73 Å². The van der Waals surface area contributed by atoms with E-state index in [1.807, 2.05) is 60.4 Å². The van der Waals surface area contributed by atoms with Crippen LogP contribution in [-0.4, -0.2) is 55.4 Å². The minimum atomic E-state index is -4.62. The number of ether oxygens (including phenoxy) is 3. The van der Waals surface area contributed by atoms with Gasteiger partial charge < -0.3 is 19.9 Å². The molecule has 9 heteroatoms. The molecule has 46 heavy (non-hydrogen) atoms. The van der Waals surface area contributed by atoms with Crippen LogP contribution >= 0.6 is 0 Å². The number of hydrogen-bond donors (Lipinski definition) is 1. The standard InChI is InChI=1S/C37H45F3N2O4/c1-26-27(13-10-14-31(26)28-11-6-5-7-12-28)16-17-29-24-34(45-22-21-44-20-18-41)30(23-32(29)37(38,39)40)25-42-19-9-8-15-33(42)35(43)46-36(2,3)4/h5-7,10-14,16-17,23-24,33H,8-9,15,18-22,25,41H2,1-4H3/b17-16+/t33-/m0/s1. The molecule has 2 N–H and O–H groups in total. The zero-order valence-electron chi connectivity index (χ0n) is 27.2. The van der Waals surface area contributed by atoms with Gasteiger partial charge in [-0.25, -0.2) is 0 Å². The maximum absolute atomic E-state index is 14.6. The van der Waals surface area contributed by atoms with Crippen LogP contribution in [0, 0.1) is 6.92 Å². The highest BCUT2D eigenvalue weighted by Gasteiger charge is 2.36. The van der Waals surface area contributed by atoms with Crippen molar-refractivity contribution in [3.8, 4) is 16.9 Å². The molecule has 0 unspecified atom stereocenters. The van der Waals surface area contributed by atoms with Crippen LogP contribution in [0.5, 0.6) is 5.75 Å². The van der Waals surface area contributed by atoms with Gasteiger partial charge in [-0.15, -0.1) is 0 Å². The molecular weight excluding hydrogens is 593 g/mol. The van der Waals surface area contributed by atoms with Crippen molar-refractivity contribution in [1.82, 2.24) is 4.90 Å². The highest BCUT2D eigenvalue weighted by atomic mass is 19.4. The van der Waals surface area contributed by atoms with Crippen LogP contribution in [0.2, 0.25) is 0 Å². The summed E-state index contributed by atoms with van der Waals surface area (Å²) in [5.74, 6) is -0.0548. The van der Waals surface area contributed by atoms with Crippen LogP contribution in [0.15, 0.2) is 60.7 Å². The second kappa shape index (κ2) is 15.8. The molecule has 1 heterocycles. The van der Waals surface area contributed by atoms with Crippen molar-refractivity contribution in [2.75, 3.05) is 32.9 Å². The van der Waals surface area contributed by atoms with Crippen molar-refractivity contribution in [2.45, 2.75) is 71.3 Å². The minimum absolute atomic E-state index is 0.0130. The predicted molar refractivity (Wildman–Crippen MR) is 176 cm³/mol. The molecule has 3 aromatic carbocycles. The summed E-state index contributed by atoms with van der Waals surface area (Å²) >= 11 is 0. The zero-order chi connectivity index (χ0) is 33.3. The Kier molecular flexibility index (Phi) is 12.1. The fourth-order valence-electron chi connectivity index (χ4n) is 5.66. The van der Waals surface area contributed by atoms with Crippen molar-refractivity contribution in [1.29, 1.82) is 0 Å². The number of piperidine rings is 1. The van der Waals surface area contributed by atoms with Crippen LogP contribution < -0.4 is 10.5 Å². The van der Waals surface area contributed by atoms with Gasteiger partial charge in [0.25, 0.3) is 0 Å². The Bertz CT molecular complexity index is 1480. The first-order valence-electron chi connectivity index (χ1n) is 15.8. The Morgan fingerprint density at radius 1 is 0.957 bits per heavy atom. The first kappa shape index (κ1) is 35.2. The lowest BCUT2D eigenvalue weighted by Crippen LogP contribution is -2.46. The van der Waals surface area contributed by atoms with Crippen molar-refractivity contribution >= 4 is 18.1 Å². The quantitative estimate of drug-likeness (QED) is 0.124. The monoisotopic (exact) mass is 638 g/mol. The minimum Gasteiger partial charge on any atom is -0.491 e. The molecule has 3 aromatic rings. The largest absolute Gasteiger partial charge is 0.491 e. The van der Waals surface area contributed by atoms with Gasteiger partial charge in [-0.05, 0) is 87.0 Å². The number of rotatable bonds is 12. The van der Waals surface area contributed by atoms with Crippen LogP contribution in [-0.2, 0) is 27.0 Å². The summed E-state index contributed by atoms with van der Waals surface area (Å²) in [5.41, 5.74) is 8.22. The smallest absolute Gasteiger partial charge is 0.417 e. The third-order valence-electron chi connectivity index (χ3n) is 7.85. The fraction of sp³-hybridized carbons (Fsp3) is 0.432. The molecular formula is C37H45F3N2O4. The molecule has 0 amide bonds. The maximum Gasteiger partial charge on any atom is 0.417 e. The Balaban J connectivity index is 1.71. The molecule has 1 fully saturated rings. The number of carbonyl (C=O) groups is 1. The number of benzene rings is 3. The third kappa shape index (κ3) is 9.67. The molecule has 6 nitrogen and oxygen atoms in total. The van der Waals surface area contributed by atoms with Crippen molar-refractivity contribution in [3.63, 3.8) is 0 Å². The van der Waals surface area contributed by atoms with E-state index in [1.54, 1.807) is 26.8 Å². The number of alkyl halides is 3. The van der Waals surface area contributed by atoms with Crippen LogP contribution in [0.1, 0.15) is 67.9 Å². The number of hydrogen-bond acceptors (Lipinski definition) is 6. The van der Waals surface area contributed by atoms with E-state index >= 15 is 0 Å². The van der Waals surface area contributed by atoms with E-state index in [0.717, 1.165) is 41.2 Å². The molecule has 0 spiro atoms. The van der Waals surface area contributed by atoms with E-state index in [0.29, 0.717) is 37.4 Å². The van der Waals surface area contributed by atoms with Gasteiger partial charge in [0.05, 0.1) is 18.8 Å². The molecule has 248 valence electrons. The molecule has 0 aromatic heterocycles. The maximum atomic E-state index is 14.6. The molecule has 1 atom stereocenters. The fourth-order valence-corrected chi connectivity index (χ4v) is 5.66. The number of esters is 1. The highest BCUT2D eigenvalue weighted by Crippen LogP contribution is 2.38. The highest BCUT2D eigenvalue weighted by molar-refractivity contribution is 5.79. The van der Waals surface area contributed by atoms with Gasteiger partial charge in [-0.3, -0.25) is 9.69 Å². The van der Waals surface area contributed by atoms with Crippen LogP contribution in [0.25, 0.3) is 23.3 Å².